The Balaban J connectivity index is 0.00000529. The number of aromatic nitrogens is 1. The van der Waals surface area contributed by atoms with Gasteiger partial charge in [0.1, 0.15) is 5.76 Å². The van der Waals surface area contributed by atoms with Gasteiger partial charge in [-0.05, 0) is 27.2 Å². The Morgan fingerprint density at radius 2 is 1.92 bits per heavy atom. The number of rotatable bonds is 9. The lowest BCUT2D eigenvalue weighted by molar-refractivity contribution is 0.391. The molecule has 0 aliphatic carbocycles. The smallest absolute Gasteiger partial charge is 0.191 e. The molecule has 0 fully saturated rings. The van der Waals surface area contributed by atoms with E-state index in [1.54, 1.807) is 0 Å². The predicted octanol–water partition coefficient (Wildman–Crippen LogP) is 4.54. The van der Waals surface area contributed by atoms with Crippen LogP contribution in [0, 0.1) is 13.8 Å². The van der Waals surface area contributed by atoms with E-state index in [0.717, 1.165) is 24.0 Å². The molecule has 5 nitrogen and oxygen atoms in total. The molecule has 0 aliphatic rings. The van der Waals surface area contributed by atoms with E-state index in [1.807, 2.05) is 20.9 Å². The molecule has 0 saturated heterocycles. The maximum Gasteiger partial charge on any atom is 0.191 e. The number of nitrogens with zero attached hydrogens (tertiary/aromatic N) is 2. The Morgan fingerprint density at radius 1 is 1.21 bits per heavy atom. The van der Waals surface area contributed by atoms with E-state index in [1.165, 1.54) is 37.7 Å². The van der Waals surface area contributed by atoms with Crippen molar-refractivity contribution in [3.63, 3.8) is 0 Å². The Hall–Kier alpha value is -0.790. The molecule has 140 valence electrons. The molecule has 6 heteroatoms. The number of hydrogen-bond acceptors (Lipinski definition) is 3. The first-order chi connectivity index (χ1) is 11.0. The Labute approximate surface area is 164 Å². The summed E-state index contributed by atoms with van der Waals surface area (Å²) in [5.41, 5.74) is 2.17. The second-order valence-corrected chi connectivity index (χ2v) is 6.49. The standard InChI is InChI=1S/C18H34N4O.HI/c1-7-8-9-10-11-14(3)21-18(19-6)20-12-13(2)17-15(4)22-23-16(17)5;/h13-14H,7-12H2,1-6H3,(H2,19,20,21);1H. The molecule has 1 rings (SSSR count). The maximum absolute atomic E-state index is 5.25. The maximum atomic E-state index is 5.25. The van der Waals surface area contributed by atoms with E-state index in [4.69, 9.17) is 4.52 Å². The molecule has 2 atom stereocenters. The summed E-state index contributed by atoms with van der Waals surface area (Å²) < 4.78 is 5.25. The highest BCUT2D eigenvalue weighted by Gasteiger charge is 2.16. The van der Waals surface area contributed by atoms with Crippen LogP contribution in [0.25, 0.3) is 0 Å². The first-order valence-electron chi connectivity index (χ1n) is 8.89. The van der Waals surface area contributed by atoms with Crippen molar-refractivity contribution in [1.29, 1.82) is 0 Å². The van der Waals surface area contributed by atoms with Gasteiger partial charge in [-0.15, -0.1) is 24.0 Å². The average molecular weight is 450 g/mol. The van der Waals surface area contributed by atoms with Gasteiger partial charge in [0.15, 0.2) is 5.96 Å². The lowest BCUT2D eigenvalue weighted by Gasteiger charge is -2.20. The molecule has 0 spiro atoms. The van der Waals surface area contributed by atoms with E-state index in [9.17, 15) is 0 Å². The SMILES string of the molecule is CCCCCCC(C)NC(=NC)NCC(C)c1c(C)noc1C.I. The minimum atomic E-state index is 0. The van der Waals surface area contributed by atoms with Crippen LogP contribution in [0.15, 0.2) is 9.52 Å². The van der Waals surface area contributed by atoms with Crippen LogP contribution >= 0.6 is 24.0 Å². The summed E-state index contributed by atoms with van der Waals surface area (Å²) in [7, 11) is 1.82. The van der Waals surface area contributed by atoms with E-state index in [2.05, 4.69) is 41.6 Å². The summed E-state index contributed by atoms with van der Waals surface area (Å²) in [6.45, 7) is 11.4. The summed E-state index contributed by atoms with van der Waals surface area (Å²) in [4.78, 5) is 4.33. The minimum absolute atomic E-state index is 0. The van der Waals surface area contributed by atoms with Crippen LogP contribution in [0.2, 0.25) is 0 Å². The van der Waals surface area contributed by atoms with Gasteiger partial charge in [0.2, 0.25) is 0 Å². The largest absolute Gasteiger partial charge is 0.361 e. The number of aliphatic imine (C=N–C) groups is 1. The zero-order chi connectivity index (χ0) is 17.2. The van der Waals surface area contributed by atoms with E-state index in [-0.39, 0.29) is 24.0 Å². The van der Waals surface area contributed by atoms with Gasteiger partial charge in [0.25, 0.3) is 0 Å². The molecular weight excluding hydrogens is 415 g/mol. The topological polar surface area (TPSA) is 62.5 Å². The third-order valence-electron chi connectivity index (χ3n) is 4.25. The van der Waals surface area contributed by atoms with Gasteiger partial charge >= 0.3 is 0 Å². The summed E-state index contributed by atoms with van der Waals surface area (Å²) in [5, 5.41) is 10.9. The van der Waals surface area contributed by atoms with Gasteiger partial charge in [-0.3, -0.25) is 4.99 Å². The van der Waals surface area contributed by atoms with Crippen molar-refractivity contribution in [2.45, 2.75) is 78.7 Å². The molecule has 2 N–H and O–H groups in total. The summed E-state index contributed by atoms with van der Waals surface area (Å²) in [6.07, 6.45) is 6.38. The van der Waals surface area contributed by atoms with Crippen LogP contribution in [0.5, 0.6) is 0 Å². The number of guanidine groups is 1. The molecule has 0 aliphatic heterocycles. The van der Waals surface area contributed by atoms with Crippen LogP contribution < -0.4 is 10.6 Å². The fourth-order valence-corrected chi connectivity index (χ4v) is 2.92. The molecule has 0 bridgehead atoms. The molecule has 2 unspecified atom stereocenters. The first-order valence-corrected chi connectivity index (χ1v) is 8.89. The van der Waals surface area contributed by atoms with Crippen LogP contribution in [0.1, 0.15) is 75.8 Å². The Bertz CT molecular complexity index is 468. The van der Waals surface area contributed by atoms with Crippen molar-refractivity contribution in [1.82, 2.24) is 15.8 Å². The number of unbranched alkanes of at least 4 members (excludes halogenated alkanes) is 3. The van der Waals surface area contributed by atoms with Gasteiger partial charge in [-0.25, -0.2) is 0 Å². The van der Waals surface area contributed by atoms with Gasteiger partial charge in [-0.1, -0.05) is 44.7 Å². The van der Waals surface area contributed by atoms with Gasteiger partial charge in [0.05, 0.1) is 5.69 Å². The van der Waals surface area contributed by atoms with Gasteiger partial charge < -0.3 is 15.2 Å². The van der Waals surface area contributed by atoms with Crippen molar-refractivity contribution in [2.24, 2.45) is 4.99 Å². The third kappa shape index (κ3) is 7.85. The van der Waals surface area contributed by atoms with Crippen molar-refractivity contribution in [2.75, 3.05) is 13.6 Å². The van der Waals surface area contributed by atoms with E-state index in [0.29, 0.717) is 12.0 Å². The lowest BCUT2D eigenvalue weighted by Crippen LogP contribution is -2.43. The predicted molar refractivity (Wildman–Crippen MR) is 113 cm³/mol. The van der Waals surface area contributed by atoms with Crippen molar-refractivity contribution in [3.8, 4) is 0 Å². The fraction of sp³-hybridized carbons (Fsp3) is 0.778. The van der Waals surface area contributed by atoms with Crippen LogP contribution in [-0.4, -0.2) is 30.8 Å². The molecule has 0 amide bonds. The summed E-state index contributed by atoms with van der Waals surface area (Å²) >= 11 is 0. The third-order valence-corrected chi connectivity index (χ3v) is 4.25. The number of halogens is 1. The average Bonchev–Trinajstić information content (AvgIpc) is 2.86. The molecule has 0 saturated carbocycles. The van der Waals surface area contributed by atoms with Gasteiger partial charge in [0, 0.05) is 31.1 Å². The van der Waals surface area contributed by atoms with Crippen LogP contribution in [0.3, 0.4) is 0 Å². The molecular formula is C18H35IN4O. The lowest BCUT2D eigenvalue weighted by atomic mass is 10.00. The summed E-state index contributed by atoms with van der Waals surface area (Å²) in [6, 6.07) is 0.437. The highest BCUT2D eigenvalue weighted by Crippen LogP contribution is 2.22. The molecule has 1 heterocycles. The molecule has 0 aromatic carbocycles. The van der Waals surface area contributed by atoms with E-state index >= 15 is 0 Å². The number of hydrogen-bond donors (Lipinski definition) is 2. The Kier molecular flexibility index (Phi) is 12.1. The van der Waals surface area contributed by atoms with Crippen molar-refractivity contribution in [3.05, 3.63) is 17.0 Å². The molecule has 0 radical (unpaired) electrons. The molecule has 1 aromatic heterocycles. The van der Waals surface area contributed by atoms with Crippen molar-refractivity contribution >= 4 is 29.9 Å². The van der Waals surface area contributed by atoms with E-state index < -0.39 is 0 Å². The second kappa shape index (κ2) is 12.6. The number of nitrogens with one attached hydrogen (secondary N) is 2. The van der Waals surface area contributed by atoms with Crippen molar-refractivity contribution < 1.29 is 4.52 Å². The Morgan fingerprint density at radius 3 is 2.46 bits per heavy atom. The molecule has 1 aromatic rings. The highest BCUT2D eigenvalue weighted by molar-refractivity contribution is 14.0. The summed E-state index contributed by atoms with van der Waals surface area (Å²) in [5.74, 6) is 2.11. The van der Waals surface area contributed by atoms with Crippen LogP contribution in [0.4, 0.5) is 0 Å². The van der Waals surface area contributed by atoms with Gasteiger partial charge in [-0.2, -0.15) is 0 Å². The quantitative estimate of drug-likeness (QED) is 0.251. The normalized spacial score (nSPS) is 14.0. The second-order valence-electron chi connectivity index (χ2n) is 6.49. The van der Waals surface area contributed by atoms with Crippen LogP contribution in [-0.2, 0) is 0 Å². The minimum Gasteiger partial charge on any atom is -0.361 e. The monoisotopic (exact) mass is 450 g/mol. The highest BCUT2D eigenvalue weighted by atomic mass is 127. The fourth-order valence-electron chi connectivity index (χ4n) is 2.92. The first kappa shape index (κ1) is 23.2. The zero-order valence-corrected chi connectivity index (χ0v) is 18.4. The molecule has 24 heavy (non-hydrogen) atoms. The zero-order valence-electron chi connectivity index (χ0n) is 16.1. The number of aryl methyl sites for hydroxylation is 2.